The largest absolute Gasteiger partial charge is 0.493 e. The van der Waals surface area contributed by atoms with Crippen LogP contribution in [0.4, 0.5) is 10.5 Å². The number of anilines is 1. The Morgan fingerprint density at radius 3 is 2.67 bits per heavy atom. The summed E-state index contributed by atoms with van der Waals surface area (Å²) < 4.78 is 16.4. The first-order valence-corrected chi connectivity index (χ1v) is 9.07. The highest BCUT2D eigenvalue weighted by Crippen LogP contribution is 2.29. The van der Waals surface area contributed by atoms with E-state index < -0.39 is 0 Å². The number of carbonyl (C=O) groups is 1. The van der Waals surface area contributed by atoms with E-state index in [0.29, 0.717) is 29.6 Å². The molecule has 0 unspecified atom stereocenters. The Hall–Kier alpha value is -2.96. The standard InChI is InChI=1S/C20H25N3O4/c1-25-17-10-9-15(12-18(17)26-2)23-20(24)22-13-14-6-5-11-21-19(14)27-16-7-3-4-8-16/h5-6,9-12,16H,3-4,7-8,13H2,1-2H3,(H2,22,23,24). The van der Waals surface area contributed by atoms with E-state index in [-0.39, 0.29) is 12.1 Å². The second-order valence-electron chi connectivity index (χ2n) is 6.37. The van der Waals surface area contributed by atoms with Gasteiger partial charge in [-0.15, -0.1) is 0 Å². The number of benzene rings is 1. The molecule has 1 aromatic heterocycles. The maximum Gasteiger partial charge on any atom is 0.319 e. The van der Waals surface area contributed by atoms with Crippen LogP contribution in [0.3, 0.4) is 0 Å². The SMILES string of the molecule is COc1ccc(NC(=O)NCc2cccnc2OC2CCCC2)cc1OC. The molecule has 2 aromatic rings. The van der Waals surface area contributed by atoms with Crippen LogP contribution in [0, 0.1) is 0 Å². The molecule has 1 aromatic carbocycles. The zero-order chi connectivity index (χ0) is 19.1. The Labute approximate surface area is 159 Å². The monoisotopic (exact) mass is 371 g/mol. The molecule has 144 valence electrons. The van der Waals surface area contributed by atoms with Crippen molar-refractivity contribution >= 4 is 11.7 Å². The van der Waals surface area contributed by atoms with Gasteiger partial charge in [-0.1, -0.05) is 6.07 Å². The summed E-state index contributed by atoms with van der Waals surface area (Å²) in [6.07, 6.45) is 6.43. The molecule has 2 N–H and O–H groups in total. The summed E-state index contributed by atoms with van der Waals surface area (Å²) in [5, 5.41) is 5.62. The minimum Gasteiger partial charge on any atom is -0.493 e. The number of aromatic nitrogens is 1. The molecule has 7 heteroatoms. The molecular weight excluding hydrogens is 346 g/mol. The number of ether oxygens (including phenoxy) is 3. The predicted molar refractivity (Wildman–Crippen MR) is 103 cm³/mol. The minimum absolute atomic E-state index is 0.222. The Bertz CT molecular complexity index is 776. The molecule has 27 heavy (non-hydrogen) atoms. The molecule has 1 heterocycles. The van der Waals surface area contributed by atoms with Crippen molar-refractivity contribution < 1.29 is 19.0 Å². The quantitative estimate of drug-likeness (QED) is 0.775. The molecule has 1 saturated carbocycles. The lowest BCUT2D eigenvalue weighted by molar-refractivity contribution is 0.199. The van der Waals surface area contributed by atoms with Gasteiger partial charge in [0.2, 0.25) is 5.88 Å². The summed E-state index contributed by atoms with van der Waals surface area (Å²) >= 11 is 0. The normalized spacial score (nSPS) is 13.9. The first kappa shape index (κ1) is 18.8. The van der Waals surface area contributed by atoms with Gasteiger partial charge in [-0.2, -0.15) is 0 Å². The molecule has 0 atom stereocenters. The predicted octanol–water partition coefficient (Wildman–Crippen LogP) is 3.74. The molecule has 3 rings (SSSR count). The lowest BCUT2D eigenvalue weighted by Gasteiger charge is -2.16. The lowest BCUT2D eigenvalue weighted by Crippen LogP contribution is -2.28. The van der Waals surface area contributed by atoms with Crippen molar-refractivity contribution in [3.63, 3.8) is 0 Å². The van der Waals surface area contributed by atoms with Gasteiger partial charge in [-0.25, -0.2) is 9.78 Å². The summed E-state index contributed by atoms with van der Waals surface area (Å²) in [5.41, 5.74) is 1.46. The summed E-state index contributed by atoms with van der Waals surface area (Å²) in [6.45, 7) is 0.328. The smallest absolute Gasteiger partial charge is 0.319 e. The van der Waals surface area contributed by atoms with E-state index >= 15 is 0 Å². The average Bonchev–Trinajstić information content (AvgIpc) is 3.20. The Morgan fingerprint density at radius 1 is 1.15 bits per heavy atom. The van der Waals surface area contributed by atoms with Crippen LogP contribution in [0.5, 0.6) is 17.4 Å². The van der Waals surface area contributed by atoms with Crippen LogP contribution in [-0.2, 0) is 6.54 Å². The first-order chi connectivity index (χ1) is 13.2. The van der Waals surface area contributed by atoms with Gasteiger partial charge < -0.3 is 24.8 Å². The third-order valence-corrected chi connectivity index (χ3v) is 4.51. The van der Waals surface area contributed by atoms with Crippen LogP contribution in [0.25, 0.3) is 0 Å². The molecule has 2 amide bonds. The number of nitrogens with one attached hydrogen (secondary N) is 2. The fraction of sp³-hybridized carbons (Fsp3) is 0.400. The molecule has 0 radical (unpaired) electrons. The number of nitrogens with zero attached hydrogens (tertiary/aromatic N) is 1. The van der Waals surface area contributed by atoms with E-state index in [0.717, 1.165) is 18.4 Å². The molecule has 0 bridgehead atoms. The van der Waals surface area contributed by atoms with E-state index in [9.17, 15) is 4.79 Å². The molecule has 0 saturated heterocycles. The van der Waals surface area contributed by atoms with Crippen molar-refractivity contribution in [2.45, 2.75) is 38.3 Å². The third kappa shape index (κ3) is 5.03. The highest BCUT2D eigenvalue weighted by Gasteiger charge is 2.18. The molecule has 0 aliphatic heterocycles. The number of urea groups is 1. The van der Waals surface area contributed by atoms with Crippen molar-refractivity contribution in [3.05, 3.63) is 42.1 Å². The topological polar surface area (TPSA) is 81.7 Å². The van der Waals surface area contributed by atoms with E-state index in [1.807, 2.05) is 12.1 Å². The fourth-order valence-corrected chi connectivity index (χ4v) is 3.09. The van der Waals surface area contributed by atoms with E-state index in [1.165, 1.54) is 12.8 Å². The van der Waals surface area contributed by atoms with Gasteiger partial charge in [-0.05, 0) is 43.9 Å². The van der Waals surface area contributed by atoms with Crippen LogP contribution in [-0.4, -0.2) is 31.3 Å². The van der Waals surface area contributed by atoms with Crippen molar-refractivity contribution in [2.75, 3.05) is 19.5 Å². The minimum atomic E-state index is -0.321. The molecular formula is C20H25N3O4. The molecule has 1 fully saturated rings. The third-order valence-electron chi connectivity index (χ3n) is 4.51. The van der Waals surface area contributed by atoms with Crippen LogP contribution >= 0.6 is 0 Å². The van der Waals surface area contributed by atoms with Crippen molar-refractivity contribution in [1.82, 2.24) is 10.3 Å². The fourth-order valence-electron chi connectivity index (χ4n) is 3.09. The highest BCUT2D eigenvalue weighted by atomic mass is 16.5. The number of pyridine rings is 1. The number of carbonyl (C=O) groups excluding carboxylic acids is 1. The van der Waals surface area contributed by atoms with Crippen LogP contribution < -0.4 is 24.8 Å². The van der Waals surface area contributed by atoms with Crippen LogP contribution in [0.1, 0.15) is 31.2 Å². The number of rotatable bonds is 7. The average molecular weight is 371 g/mol. The maximum absolute atomic E-state index is 12.2. The van der Waals surface area contributed by atoms with Gasteiger partial charge in [0.05, 0.1) is 14.2 Å². The highest BCUT2D eigenvalue weighted by molar-refractivity contribution is 5.89. The van der Waals surface area contributed by atoms with Crippen molar-refractivity contribution in [3.8, 4) is 17.4 Å². The van der Waals surface area contributed by atoms with E-state index in [4.69, 9.17) is 14.2 Å². The van der Waals surface area contributed by atoms with Crippen LogP contribution in [0.2, 0.25) is 0 Å². The van der Waals surface area contributed by atoms with E-state index in [2.05, 4.69) is 15.6 Å². The Balaban J connectivity index is 1.58. The molecule has 1 aliphatic rings. The van der Waals surface area contributed by atoms with Crippen molar-refractivity contribution in [1.29, 1.82) is 0 Å². The van der Waals surface area contributed by atoms with Crippen LogP contribution in [0.15, 0.2) is 36.5 Å². The summed E-state index contributed by atoms with van der Waals surface area (Å²) in [4.78, 5) is 16.6. The van der Waals surface area contributed by atoms with E-state index in [1.54, 1.807) is 38.6 Å². The van der Waals surface area contributed by atoms with Gasteiger partial charge in [0.1, 0.15) is 6.10 Å². The van der Waals surface area contributed by atoms with Gasteiger partial charge in [0.25, 0.3) is 0 Å². The number of methoxy groups -OCH3 is 2. The zero-order valence-electron chi connectivity index (χ0n) is 15.7. The Morgan fingerprint density at radius 2 is 1.93 bits per heavy atom. The zero-order valence-corrected chi connectivity index (χ0v) is 15.7. The number of hydrogen-bond acceptors (Lipinski definition) is 5. The summed E-state index contributed by atoms with van der Waals surface area (Å²) in [5.74, 6) is 1.75. The second-order valence-corrected chi connectivity index (χ2v) is 6.37. The maximum atomic E-state index is 12.2. The molecule has 0 spiro atoms. The number of amides is 2. The second kappa shape index (κ2) is 9.12. The Kier molecular flexibility index (Phi) is 6.35. The lowest BCUT2D eigenvalue weighted by atomic mass is 10.2. The summed E-state index contributed by atoms with van der Waals surface area (Å²) in [6, 6.07) is 8.62. The molecule has 1 aliphatic carbocycles. The van der Waals surface area contributed by atoms with Gasteiger partial charge in [-0.3, -0.25) is 0 Å². The van der Waals surface area contributed by atoms with Gasteiger partial charge in [0.15, 0.2) is 11.5 Å². The van der Waals surface area contributed by atoms with Gasteiger partial charge in [0, 0.05) is 30.1 Å². The van der Waals surface area contributed by atoms with Gasteiger partial charge >= 0.3 is 6.03 Å². The molecule has 7 nitrogen and oxygen atoms in total. The van der Waals surface area contributed by atoms with Crippen molar-refractivity contribution in [2.24, 2.45) is 0 Å². The number of hydrogen-bond donors (Lipinski definition) is 2. The first-order valence-electron chi connectivity index (χ1n) is 9.07. The summed E-state index contributed by atoms with van der Waals surface area (Å²) in [7, 11) is 3.12.